The first-order valence-corrected chi connectivity index (χ1v) is 6.54. The third-order valence-corrected chi connectivity index (χ3v) is 2.97. The lowest BCUT2D eigenvalue weighted by atomic mass is 10.1. The molecule has 2 rings (SSSR count). The summed E-state index contributed by atoms with van der Waals surface area (Å²) >= 11 is 4.88. The van der Waals surface area contributed by atoms with Crippen LogP contribution in [0, 0.1) is 6.92 Å². The van der Waals surface area contributed by atoms with E-state index in [-0.39, 0.29) is 0 Å². The SMILES string of the molecule is Cc1nccn1CCOc1ccc(CC(N)=S)cc1. The Labute approximate surface area is 118 Å². The van der Waals surface area contributed by atoms with Gasteiger partial charge in [-0.25, -0.2) is 4.98 Å². The number of rotatable bonds is 6. The van der Waals surface area contributed by atoms with E-state index in [1.54, 1.807) is 6.20 Å². The summed E-state index contributed by atoms with van der Waals surface area (Å²) in [6, 6.07) is 7.84. The van der Waals surface area contributed by atoms with Crippen LogP contribution in [0.25, 0.3) is 0 Å². The highest BCUT2D eigenvalue weighted by atomic mass is 32.1. The molecular formula is C14H17N3OS. The number of ether oxygens (including phenoxy) is 1. The second-order valence-corrected chi connectivity index (χ2v) is 4.83. The summed E-state index contributed by atoms with van der Waals surface area (Å²) in [6.45, 7) is 3.39. The number of benzene rings is 1. The largest absolute Gasteiger partial charge is 0.492 e. The number of thiocarbonyl (C=S) groups is 1. The summed E-state index contributed by atoms with van der Waals surface area (Å²) in [5, 5.41) is 0. The smallest absolute Gasteiger partial charge is 0.119 e. The topological polar surface area (TPSA) is 53.1 Å². The Bertz CT molecular complexity index is 548. The van der Waals surface area contributed by atoms with E-state index in [2.05, 4.69) is 9.55 Å². The molecule has 1 aromatic carbocycles. The molecule has 0 amide bonds. The van der Waals surface area contributed by atoms with Crippen LogP contribution in [-0.4, -0.2) is 21.1 Å². The molecule has 4 nitrogen and oxygen atoms in total. The Hall–Kier alpha value is -1.88. The number of nitrogens with zero attached hydrogens (tertiary/aromatic N) is 2. The van der Waals surface area contributed by atoms with Crippen LogP contribution in [0.15, 0.2) is 36.7 Å². The Kier molecular flexibility index (Phi) is 4.52. The van der Waals surface area contributed by atoms with Crippen LogP contribution in [0.5, 0.6) is 5.75 Å². The van der Waals surface area contributed by atoms with Crippen molar-refractivity contribution in [2.24, 2.45) is 5.73 Å². The molecule has 0 atom stereocenters. The lowest BCUT2D eigenvalue weighted by molar-refractivity contribution is 0.297. The van der Waals surface area contributed by atoms with Gasteiger partial charge in [0.25, 0.3) is 0 Å². The van der Waals surface area contributed by atoms with Gasteiger partial charge in [0.2, 0.25) is 0 Å². The minimum Gasteiger partial charge on any atom is -0.492 e. The van der Waals surface area contributed by atoms with Crippen molar-refractivity contribution in [2.75, 3.05) is 6.61 Å². The fourth-order valence-electron chi connectivity index (χ4n) is 1.81. The van der Waals surface area contributed by atoms with E-state index in [9.17, 15) is 0 Å². The normalized spacial score (nSPS) is 10.4. The van der Waals surface area contributed by atoms with Crippen molar-refractivity contribution in [3.63, 3.8) is 0 Å². The molecule has 5 heteroatoms. The third-order valence-electron chi connectivity index (χ3n) is 2.83. The van der Waals surface area contributed by atoms with Crippen molar-refractivity contribution < 1.29 is 4.74 Å². The Morgan fingerprint density at radius 2 is 2.11 bits per heavy atom. The van der Waals surface area contributed by atoms with Gasteiger partial charge in [0.15, 0.2) is 0 Å². The van der Waals surface area contributed by atoms with Crippen LogP contribution in [-0.2, 0) is 13.0 Å². The molecule has 100 valence electrons. The lowest BCUT2D eigenvalue weighted by Crippen LogP contribution is -2.11. The van der Waals surface area contributed by atoms with Gasteiger partial charge in [-0.05, 0) is 24.6 Å². The van der Waals surface area contributed by atoms with Gasteiger partial charge in [-0.15, -0.1) is 0 Å². The van der Waals surface area contributed by atoms with Crippen molar-refractivity contribution in [1.29, 1.82) is 0 Å². The van der Waals surface area contributed by atoms with Crippen molar-refractivity contribution in [3.8, 4) is 5.75 Å². The first-order chi connectivity index (χ1) is 9.15. The summed E-state index contributed by atoms with van der Waals surface area (Å²) in [5.74, 6) is 1.85. The number of nitrogens with two attached hydrogens (primary N) is 1. The van der Waals surface area contributed by atoms with Crippen LogP contribution in [0.3, 0.4) is 0 Å². The van der Waals surface area contributed by atoms with Gasteiger partial charge in [0, 0.05) is 18.8 Å². The Morgan fingerprint density at radius 1 is 1.37 bits per heavy atom. The highest BCUT2D eigenvalue weighted by molar-refractivity contribution is 7.80. The van der Waals surface area contributed by atoms with Gasteiger partial charge in [0.05, 0.1) is 11.5 Å². The predicted molar refractivity (Wildman–Crippen MR) is 79.4 cm³/mol. The third kappa shape index (κ3) is 4.06. The van der Waals surface area contributed by atoms with E-state index in [1.807, 2.05) is 37.4 Å². The number of hydrogen-bond acceptors (Lipinski definition) is 3. The second-order valence-electron chi connectivity index (χ2n) is 4.30. The predicted octanol–water partition coefficient (Wildman–Crippen LogP) is 2.10. The van der Waals surface area contributed by atoms with E-state index in [4.69, 9.17) is 22.7 Å². The monoisotopic (exact) mass is 275 g/mol. The summed E-state index contributed by atoms with van der Waals surface area (Å²) in [7, 11) is 0. The molecule has 19 heavy (non-hydrogen) atoms. The second kappa shape index (κ2) is 6.33. The van der Waals surface area contributed by atoms with E-state index >= 15 is 0 Å². The molecule has 0 bridgehead atoms. The number of hydrogen-bond donors (Lipinski definition) is 1. The zero-order valence-corrected chi connectivity index (χ0v) is 11.7. The molecule has 0 aliphatic carbocycles. The maximum atomic E-state index is 5.68. The van der Waals surface area contributed by atoms with Gasteiger partial charge in [-0.1, -0.05) is 24.4 Å². The van der Waals surface area contributed by atoms with Crippen LogP contribution < -0.4 is 10.5 Å². The highest BCUT2D eigenvalue weighted by Gasteiger charge is 1.99. The van der Waals surface area contributed by atoms with Crippen molar-refractivity contribution >= 4 is 17.2 Å². The standard InChI is InChI=1S/C14H17N3OS/c1-11-16-6-7-17(11)8-9-18-13-4-2-12(3-5-13)10-14(15)19/h2-7H,8-10H2,1H3,(H2,15,19). The van der Waals surface area contributed by atoms with Crippen molar-refractivity contribution in [1.82, 2.24) is 9.55 Å². The van der Waals surface area contributed by atoms with E-state index in [0.717, 1.165) is 23.7 Å². The molecule has 2 aromatic rings. The van der Waals surface area contributed by atoms with Crippen molar-refractivity contribution in [2.45, 2.75) is 19.9 Å². The molecule has 0 unspecified atom stereocenters. The highest BCUT2D eigenvalue weighted by Crippen LogP contribution is 2.12. The van der Waals surface area contributed by atoms with Crippen LogP contribution in [0.1, 0.15) is 11.4 Å². The van der Waals surface area contributed by atoms with Crippen molar-refractivity contribution in [3.05, 3.63) is 48.0 Å². The molecule has 0 aliphatic rings. The molecule has 0 saturated carbocycles. The molecule has 0 radical (unpaired) electrons. The Balaban J connectivity index is 1.83. The lowest BCUT2D eigenvalue weighted by Gasteiger charge is -2.08. The van der Waals surface area contributed by atoms with Gasteiger partial charge in [0.1, 0.15) is 18.2 Å². The van der Waals surface area contributed by atoms with Crippen LogP contribution in [0.4, 0.5) is 0 Å². The van der Waals surface area contributed by atoms with Gasteiger partial charge in [-0.2, -0.15) is 0 Å². The first kappa shape index (κ1) is 13.5. The molecule has 0 spiro atoms. The molecule has 1 heterocycles. The van der Waals surface area contributed by atoms with E-state index in [1.165, 1.54) is 0 Å². The van der Waals surface area contributed by atoms with Crippen LogP contribution in [0.2, 0.25) is 0 Å². The summed E-state index contributed by atoms with van der Waals surface area (Å²) < 4.78 is 7.74. The average Bonchev–Trinajstić information content (AvgIpc) is 2.77. The fraction of sp³-hybridized carbons (Fsp3) is 0.286. The van der Waals surface area contributed by atoms with E-state index < -0.39 is 0 Å². The number of imidazole rings is 1. The maximum absolute atomic E-state index is 5.68. The summed E-state index contributed by atoms with van der Waals surface area (Å²) in [4.78, 5) is 4.67. The fourth-order valence-corrected chi connectivity index (χ4v) is 1.97. The maximum Gasteiger partial charge on any atom is 0.119 e. The van der Waals surface area contributed by atoms with Gasteiger partial charge in [-0.3, -0.25) is 0 Å². The molecule has 0 aliphatic heterocycles. The average molecular weight is 275 g/mol. The molecular weight excluding hydrogens is 258 g/mol. The molecule has 0 fully saturated rings. The number of aryl methyl sites for hydroxylation is 1. The minimum atomic E-state index is 0.504. The number of aromatic nitrogens is 2. The van der Waals surface area contributed by atoms with E-state index in [0.29, 0.717) is 18.0 Å². The zero-order chi connectivity index (χ0) is 13.7. The molecule has 2 N–H and O–H groups in total. The quantitative estimate of drug-likeness (QED) is 0.820. The first-order valence-electron chi connectivity index (χ1n) is 6.13. The Morgan fingerprint density at radius 3 is 2.68 bits per heavy atom. The zero-order valence-electron chi connectivity index (χ0n) is 10.9. The van der Waals surface area contributed by atoms with Gasteiger partial charge >= 0.3 is 0 Å². The van der Waals surface area contributed by atoms with Crippen LogP contribution >= 0.6 is 12.2 Å². The molecule has 0 saturated heterocycles. The summed E-state index contributed by atoms with van der Waals surface area (Å²) in [6.07, 6.45) is 4.37. The van der Waals surface area contributed by atoms with Gasteiger partial charge < -0.3 is 15.0 Å². The molecule has 1 aromatic heterocycles. The summed E-state index contributed by atoms with van der Waals surface area (Å²) in [5.41, 5.74) is 6.60. The minimum absolute atomic E-state index is 0.504.